The van der Waals surface area contributed by atoms with Crippen LogP contribution in [0, 0.1) is 6.92 Å². The van der Waals surface area contributed by atoms with Crippen molar-refractivity contribution in [3.05, 3.63) is 65.9 Å². The molecule has 3 aromatic rings. The molecule has 28 heavy (non-hydrogen) atoms. The monoisotopic (exact) mass is 375 g/mol. The first-order valence-electron chi connectivity index (χ1n) is 9.33. The smallest absolute Gasteiger partial charge is 0.251 e. The normalized spacial score (nSPS) is 14.1. The number of nitrogens with one attached hydrogen (secondary N) is 1. The number of aromatic nitrogens is 1. The van der Waals surface area contributed by atoms with Crippen LogP contribution in [0.2, 0.25) is 0 Å². The molecule has 1 N–H and O–H groups in total. The van der Waals surface area contributed by atoms with Crippen molar-refractivity contribution in [2.45, 2.75) is 26.3 Å². The van der Waals surface area contributed by atoms with Crippen LogP contribution in [0.25, 0.3) is 10.9 Å². The highest BCUT2D eigenvalue weighted by molar-refractivity contribution is 6.19. The predicted molar refractivity (Wildman–Crippen MR) is 107 cm³/mol. The number of rotatable bonds is 5. The van der Waals surface area contributed by atoms with Gasteiger partial charge in [0, 0.05) is 42.7 Å². The van der Waals surface area contributed by atoms with Crippen molar-refractivity contribution in [2.75, 3.05) is 11.4 Å². The number of aryl methyl sites for hydroxylation is 1. The van der Waals surface area contributed by atoms with E-state index in [-0.39, 0.29) is 30.6 Å². The third-order valence-corrected chi connectivity index (χ3v) is 5.08. The van der Waals surface area contributed by atoms with Crippen molar-refractivity contribution in [1.29, 1.82) is 0 Å². The fourth-order valence-electron chi connectivity index (χ4n) is 3.65. The van der Waals surface area contributed by atoms with E-state index in [9.17, 15) is 14.4 Å². The number of para-hydroxylation sites is 1. The zero-order valence-electron chi connectivity index (χ0n) is 15.6. The third kappa shape index (κ3) is 3.29. The third-order valence-electron chi connectivity index (χ3n) is 5.08. The first-order chi connectivity index (χ1) is 13.5. The van der Waals surface area contributed by atoms with Crippen LogP contribution in [0.4, 0.5) is 5.69 Å². The number of carbonyl (C=O) groups excluding carboxylic acids is 3. The Balaban J connectivity index is 1.39. The van der Waals surface area contributed by atoms with Gasteiger partial charge in [-0.3, -0.25) is 19.3 Å². The molecule has 0 aliphatic carbocycles. The Hall–Kier alpha value is -3.41. The molecule has 1 aliphatic rings. The number of carbonyl (C=O) groups is 3. The van der Waals surface area contributed by atoms with Crippen LogP contribution in [-0.2, 0) is 16.1 Å². The van der Waals surface area contributed by atoms with Crippen molar-refractivity contribution >= 4 is 34.3 Å². The van der Waals surface area contributed by atoms with Gasteiger partial charge >= 0.3 is 0 Å². The molecule has 6 nitrogen and oxygen atoms in total. The first-order valence-corrected chi connectivity index (χ1v) is 9.33. The van der Waals surface area contributed by atoms with Crippen LogP contribution in [-0.4, -0.2) is 28.8 Å². The summed E-state index contributed by atoms with van der Waals surface area (Å²) >= 11 is 0. The van der Waals surface area contributed by atoms with Gasteiger partial charge in [0.05, 0.1) is 5.69 Å². The largest absolute Gasteiger partial charge is 0.350 e. The summed E-state index contributed by atoms with van der Waals surface area (Å²) in [6.45, 7) is 3.24. The highest BCUT2D eigenvalue weighted by Crippen LogP contribution is 2.23. The van der Waals surface area contributed by atoms with Crippen molar-refractivity contribution in [1.82, 2.24) is 9.88 Å². The van der Waals surface area contributed by atoms with E-state index in [0.29, 0.717) is 24.3 Å². The minimum Gasteiger partial charge on any atom is -0.350 e. The molecule has 4 rings (SSSR count). The zero-order valence-corrected chi connectivity index (χ0v) is 15.6. The number of hydrogen-bond donors (Lipinski definition) is 1. The molecule has 0 atom stereocenters. The Bertz CT molecular complexity index is 1050. The highest BCUT2D eigenvalue weighted by Gasteiger charge is 2.30. The SMILES string of the molecule is Cc1cc2ccccc2n1CCNC(=O)c1ccc(N2C(=O)CCC2=O)cc1. The van der Waals surface area contributed by atoms with Crippen molar-refractivity contribution < 1.29 is 14.4 Å². The summed E-state index contributed by atoms with van der Waals surface area (Å²) < 4.78 is 2.18. The van der Waals surface area contributed by atoms with Crippen LogP contribution in [0.3, 0.4) is 0 Å². The van der Waals surface area contributed by atoms with E-state index in [4.69, 9.17) is 0 Å². The lowest BCUT2D eigenvalue weighted by Gasteiger charge is -2.14. The van der Waals surface area contributed by atoms with Gasteiger partial charge in [-0.25, -0.2) is 0 Å². The second-order valence-corrected chi connectivity index (χ2v) is 6.92. The molecule has 0 unspecified atom stereocenters. The average Bonchev–Trinajstić information content (AvgIpc) is 3.20. The van der Waals surface area contributed by atoms with Gasteiger partial charge in [0.2, 0.25) is 11.8 Å². The standard InChI is InChI=1S/C22H21N3O3/c1-15-14-17-4-2-3-5-19(17)24(15)13-12-23-22(28)16-6-8-18(9-7-16)25-20(26)10-11-21(25)27/h2-9,14H,10-13H2,1H3,(H,23,28). The average molecular weight is 375 g/mol. The number of fused-ring (bicyclic) bond motifs is 1. The minimum atomic E-state index is -0.198. The summed E-state index contributed by atoms with van der Waals surface area (Å²) in [5.41, 5.74) is 3.31. The van der Waals surface area contributed by atoms with Crippen molar-refractivity contribution in [3.8, 4) is 0 Å². The Morgan fingerprint density at radius 3 is 2.39 bits per heavy atom. The van der Waals surface area contributed by atoms with E-state index in [1.807, 2.05) is 12.1 Å². The van der Waals surface area contributed by atoms with Gasteiger partial charge in [0.1, 0.15) is 0 Å². The van der Waals surface area contributed by atoms with Gasteiger partial charge in [-0.15, -0.1) is 0 Å². The van der Waals surface area contributed by atoms with Crippen LogP contribution >= 0.6 is 0 Å². The molecule has 2 aromatic carbocycles. The summed E-state index contributed by atoms with van der Waals surface area (Å²) in [4.78, 5) is 37.2. The number of amides is 3. The van der Waals surface area contributed by atoms with Gasteiger partial charge in [0.25, 0.3) is 5.91 Å². The summed E-state index contributed by atoms with van der Waals surface area (Å²) in [7, 11) is 0. The number of benzene rings is 2. The first kappa shape index (κ1) is 18.0. The quantitative estimate of drug-likeness (QED) is 0.697. The summed E-state index contributed by atoms with van der Waals surface area (Å²) in [5.74, 6) is -0.576. The van der Waals surface area contributed by atoms with Crippen LogP contribution in [0.15, 0.2) is 54.6 Å². The minimum absolute atomic E-state index is 0.181. The molecular formula is C22H21N3O3. The lowest BCUT2D eigenvalue weighted by Crippen LogP contribution is -2.29. The van der Waals surface area contributed by atoms with Gasteiger partial charge in [-0.2, -0.15) is 0 Å². The molecule has 1 aliphatic heterocycles. The number of hydrogen-bond acceptors (Lipinski definition) is 3. The Morgan fingerprint density at radius 1 is 1.00 bits per heavy atom. The van der Waals surface area contributed by atoms with E-state index in [1.54, 1.807) is 24.3 Å². The predicted octanol–water partition coefficient (Wildman–Crippen LogP) is 3.03. The van der Waals surface area contributed by atoms with Crippen molar-refractivity contribution in [3.63, 3.8) is 0 Å². The maximum atomic E-state index is 12.4. The van der Waals surface area contributed by atoms with E-state index in [1.165, 1.54) is 10.3 Å². The molecule has 142 valence electrons. The molecule has 6 heteroatoms. The number of nitrogens with zero attached hydrogens (tertiary/aromatic N) is 2. The molecule has 1 saturated heterocycles. The second kappa shape index (κ2) is 7.31. The molecule has 0 radical (unpaired) electrons. The van der Waals surface area contributed by atoms with E-state index >= 15 is 0 Å². The summed E-state index contributed by atoms with van der Waals surface area (Å²) in [6.07, 6.45) is 0.489. The molecule has 0 bridgehead atoms. The van der Waals surface area contributed by atoms with Gasteiger partial charge < -0.3 is 9.88 Å². The number of anilines is 1. The highest BCUT2D eigenvalue weighted by atomic mass is 16.2. The topological polar surface area (TPSA) is 71.4 Å². The van der Waals surface area contributed by atoms with Gasteiger partial charge in [-0.1, -0.05) is 18.2 Å². The van der Waals surface area contributed by atoms with E-state index in [2.05, 4.69) is 35.0 Å². The summed E-state index contributed by atoms with van der Waals surface area (Å²) in [5, 5.41) is 4.12. The maximum Gasteiger partial charge on any atom is 0.251 e. The molecule has 0 saturated carbocycles. The molecule has 1 aromatic heterocycles. The lowest BCUT2D eigenvalue weighted by atomic mass is 10.2. The molecule has 1 fully saturated rings. The van der Waals surface area contributed by atoms with E-state index < -0.39 is 0 Å². The molecular weight excluding hydrogens is 354 g/mol. The molecule has 0 spiro atoms. The second-order valence-electron chi connectivity index (χ2n) is 6.92. The maximum absolute atomic E-state index is 12.4. The van der Waals surface area contributed by atoms with Crippen LogP contribution < -0.4 is 10.2 Å². The molecule has 2 heterocycles. The zero-order chi connectivity index (χ0) is 19.7. The Kier molecular flexibility index (Phi) is 4.69. The van der Waals surface area contributed by atoms with E-state index in [0.717, 1.165) is 11.2 Å². The molecule has 3 amide bonds. The van der Waals surface area contributed by atoms with Gasteiger partial charge in [-0.05, 0) is 48.7 Å². The fourth-order valence-corrected chi connectivity index (χ4v) is 3.65. The van der Waals surface area contributed by atoms with Gasteiger partial charge in [0.15, 0.2) is 0 Å². The Morgan fingerprint density at radius 2 is 1.68 bits per heavy atom. The summed E-state index contributed by atoms with van der Waals surface area (Å²) in [6, 6.07) is 16.9. The van der Waals surface area contributed by atoms with Crippen LogP contribution in [0.5, 0.6) is 0 Å². The number of imide groups is 1. The van der Waals surface area contributed by atoms with Crippen molar-refractivity contribution in [2.24, 2.45) is 0 Å². The van der Waals surface area contributed by atoms with Crippen LogP contribution in [0.1, 0.15) is 28.9 Å². The lowest BCUT2D eigenvalue weighted by molar-refractivity contribution is -0.121. The fraction of sp³-hybridized carbons (Fsp3) is 0.227. The Labute approximate surface area is 162 Å².